The molecule has 1 N–H and O–H groups in total. The number of thiazole rings is 1. The van der Waals surface area contributed by atoms with E-state index in [0.717, 1.165) is 16.1 Å². The highest BCUT2D eigenvalue weighted by Gasteiger charge is 2.13. The maximum Gasteiger partial charge on any atom is 0.231 e. The van der Waals surface area contributed by atoms with Crippen LogP contribution in [0.2, 0.25) is 4.34 Å². The van der Waals surface area contributed by atoms with E-state index in [2.05, 4.69) is 10.3 Å². The molecule has 3 rings (SSSR count). The van der Waals surface area contributed by atoms with E-state index in [9.17, 15) is 4.79 Å². The van der Waals surface area contributed by atoms with Crippen LogP contribution in [0.4, 0.5) is 5.13 Å². The molecule has 8 heteroatoms. The van der Waals surface area contributed by atoms with Gasteiger partial charge < -0.3 is 14.8 Å². The molecule has 5 nitrogen and oxygen atoms in total. The Morgan fingerprint density at radius 2 is 2.08 bits per heavy atom. The normalized spacial score (nSPS) is 10.5. The fourth-order valence-electron chi connectivity index (χ4n) is 2.24. The summed E-state index contributed by atoms with van der Waals surface area (Å²) in [7, 11) is 3.21. The molecule has 0 atom stereocenters. The number of hydrogen-bond acceptors (Lipinski definition) is 6. The number of thiophene rings is 1. The highest BCUT2D eigenvalue weighted by atomic mass is 35.5. The van der Waals surface area contributed by atoms with Crippen LogP contribution in [0.5, 0.6) is 11.5 Å². The van der Waals surface area contributed by atoms with Gasteiger partial charge in [-0.2, -0.15) is 0 Å². The van der Waals surface area contributed by atoms with Crippen LogP contribution >= 0.6 is 34.3 Å². The zero-order chi connectivity index (χ0) is 17.8. The second-order valence-electron chi connectivity index (χ2n) is 5.03. The standard InChI is InChI=1S/C17H15ClN2O3S2/c1-22-10-3-5-14(23-2)12(7-10)13-9-24-17(19-13)20-16(21)8-11-4-6-15(18)25-11/h3-7,9H,8H2,1-2H3,(H,19,20,21). The van der Waals surface area contributed by atoms with E-state index in [1.165, 1.54) is 22.7 Å². The summed E-state index contributed by atoms with van der Waals surface area (Å²) >= 11 is 8.64. The zero-order valence-corrected chi connectivity index (χ0v) is 15.9. The van der Waals surface area contributed by atoms with E-state index in [-0.39, 0.29) is 12.3 Å². The third kappa shape index (κ3) is 4.31. The van der Waals surface area contributed by atoms with Crippen LogP contribution in [0.25, 0.3) is 11.3 Å². The average Bonchev–Trinajstić information content (AvgIpc) is 3.23. The van der Waals surface area contributed by atoms with E-state index >= 15 is 0 Å². The van der Waals surface area contributed by atoms with Crippen molar-refractivity contribution in [2.45, 2.75) is 6.42 Å². The lowest BCUT2D eigenvalue weighted by Crippen LogP contribution is -2.13. The first kappa shape index (κ1) is 17.7. The number of halogens is 1. The number of nitrogens with zero attached hydrogens (tertiary/aromatic N) is 1. The van der Waals surface area contributed by atoms with E-state index < -0.39 is 0 Å². The Morgan fingerprint density at radius 1 is 1.24 bits per heavy atom. The molecule has 130 valence electrons. The Balaban J connectivity index is 1.75. The zero-order valence-electron chi connectivity index (χ0n) is 13.5. The number of carbonyl (C=O) groups is 1. The van der Waals surface area contributed by atoms with Gasteiger partial charge in [-0.3, -0.25) is 4.79 Å². The van der Waals surface area contributed by atoms with Crippen molar-refractivity contribution in [1.29, 1.82) is 0 Å². The van der Waals surface area contributed by atoms with Gasteiger partial charge in [-0.15, -0.1) is 22.7 Å². The Hall–Kier alpha value is -2.09. The van der Waals surface area contributed by atoms with Crippen molar-refractivity contribution in [1.82, 2.24) is 4.98 Å². The third-order valence-corrected chi connectivity index (χ3v) is 5.39. The Kier molecular flexibility index (Phi) is 5.57. The van der Waals surface area contributed by atoms with Crippen LogP contribution < -0.4 is 14.8 Å². The van der Waals surface area contributed by atoms with Crippen LogP contribution in [0, 0.1) is 0 Å². The molecule has 1 aromatic carbocycles. The topological polar surface area (TPSA) is 60.5 Å². The summed E-state index contributed by atoms with van der Waals surface area (Å²) in [5.74, 6) is 1.28. The van der Waals surface area contributed by atoms with Crippen LogP contribution in [0.1, 0.15) is 4.88 Å². The number of rotatable bonds is 6. The number of hydrogen-bond donors (Lipinski definition) is 1. The van der Waals surface area contributed by atoms with Crippen molar-refractivity contribution in [3.05, 3.63) is 44.9 Å². The van der Waals surface area contributed by atoms with E-state index in [0.29, 0.717) is 21.0 Å². The summed E-state index contributed by atoms with van der Waals surface area (Å²) in [6.45, 7) is 0. The minimum Gasteiger partial charge on any atom is -0.497 e. The second-order valence-corrected chi connectivity index (χ2v) is 7.69. The molecule has 3 aromatic rings. The van der Waals surface area contributed by atoms with Crippen LogP contribution in [0.3, 0.4) is 0 Å². The Labute approximate surface area is 158 Å². The molecule has 0 spiro atoms. The molecule has 0 saturated carbocycles. The van der Waals surface area contributed by atoms with Gasteiger partial charge in [0.05, 0.1) is 30.7 Å². The van der Waals surface area contributed by atoms with Gasteiger partial charge in [-0.1, -0.05) is 11.6 Å². The van der Waals surface area contributed by atoms with Gasteiger partial charge in [0.2, 0.25) is 5.91 Å². The van der Waals surface area contributed by atoms with Crippen LogP contribution in [-0.2, 0) is 11.2 Å². The lowest BCUT2D eigenvalue weighted by atomic mass is 10.1. The summed E-state index contributed by atoms with van der Waals surface area (Å²) in [6, 6.07) is 9.13. The Morgan fingerprint density at radius 3 is 2.76 bits per heavy atom. The van der Waals surface area contributed by atoms with Gasteiger partial charge in [-0.05, 0) is 30.3 Å². The number of ether oxygens (including phenoxy) is 2. The van der Waals surface area contributed by atoms with Gasteiger partial charge in [-0.25, -0.2) is 4.98 Å². The molecule has 0 aliphatic carbocycles. The molecule has 0 saturated heterocycles. The van der Waals surface area contributed by atoms with Crippen LogP contribution in [0.15, 0.2) is 35.7 Å². The number of benzene rings is 1. The minimum atomic E-state index is -0.128. The largest absolute Gasteiger partial charge is 0.497 e. The number of aromatic nitrogens is 1. The highest BCUT2D eigenvalue weighted by molar-refractivity contribution is 7.16. The smallest absolute Gasteiger partial charge is 0.231 e. The lowest BCUT2D eigenvalue weighted by molar-refractivity contribution is -0.115. The summed E-state index contributed by atoms with van der Waals surface area (Å²) in [5, 5.41) is 5.22. The first-order valence-electron chi connectivity index (χ1n) is 7.31. The molecular weight excluding hydrogens is 380 g/mol. The molecule has 0 aliphatic rings. The molecular formula is C17H15ClN2O3S2. The van der Waals surface area contributed by atoms with Crippen molar-refractivity contribution >= 4 is 45.3 Å². The minimum absolute atomic E-state index is 0.128. The van der Waals surface area contributed by atoms with Gasteiger partial charge in [0.1, 0.15) is 11.5 Å². The molecule has 2 heterocycles. The predicted molar refractivity (Wildman–Crippen MR) is 102 cm³/mol. The van der Waals surface area contributed by atoms with Gasteiger partial charge in [0.25, 0.3) is 0 Å². The molecule has 2 aromatic heterocycles. The first-order valence-corrected chi connectivity index (χ1v) is 9.38. The quantitative estimate of drug-likeness (QED) is 0.656. The first-order chi connectivity index (χ1) is 12.1. The highest BCUT2D eigenvalue weighted by Crippen LogP contribution is 2.35. The van der Waals surface area contributed by atoms with E-state index in [1.54, 1.807) is 20.3 Å². The number of nitrogens with one attached hydrogen (secondary N) is 1. The number of anilines is 1. The molecule has 0 fully saturated rings. The maximum atomic E-state index is 12.1. The molecule has 0 unspecified atom stereocenters. The van der Waals surface area contributed by atoms with E-state index in [4.69, 9.17) is 21.1 Å². The van der Waals surface area contributed by atoms with Gasteiger partial charge in [0, 0.05) is 15.8 Å². The number of methoxy groups -OCH3 is 2. The van der Waals surface area contributed by atoms with Crippen molar-refractivity contribution < 1.29 is 14.3 Å². The van der Waals surface area contributed by atoms with Gasteiger partial charge in [0.15, 0.2) is 5.13 Å². The summed E-state index contributed by atoms with van der Waals surface area (Å²) in [6.07, 6.45) is 0.273. The van der Waals surface area contributed by atoms with Gasteiger partial charge >= 0.3 is 0 Å². The van der Waals surface area contributed by atoms with E-state index in [1.807, 2.05) is 29.6 Å². The van der Waals surface area contributed by atoms with Crippen molar-refractivity contribution in [3.63, 3.8) is 0 Å². The SMILES string of the molecule is COc1ccc(OC)c(-c2csc(NC(=O)Cc3ccc(Cl)s3)n2)c1. The fraction of sp³-hybridized carbons (Fsp3) is 0.176. The van der Waals surface area contributed by atoms with Crippen LogP contribution in [-0.4, -0.2) is 25.1 Å². The summed E-state index contributed by atoms with van der Waals surface area (Å²) in [4.78, 5) is 17.5. The predicted octanol–water partition coefficient (Wildman–Crippen LogP) is 4.72. The summed E-state index contributed by atoms with van der Waals surface area (Å²) in [5.41, 5.74) is 1.53. The maximum absolute atomic E-state index is 12.1. The third-order valence-electron chi connectivity index (χ3n) is 3.40. The van der Waals surface area contributed by atoms with Crippen molar-refractivity contribution in [2.75, 3.05) is 19.5 Å². The average molecular weight is 395 g/mol. The molecule has 1 amide bonds. The molecule has 0 bridgehead atoms. The molecule has 0 radical (unpaired) electrons. The number of carbonyl (C=O) groups excluding carboxylic acids is 1. The Bertz CT molecular complexity index is 892. The molecule has 0 aliphatic heterocycles. The van der Waals surface area contributed by atoms with Crippen molar-refractivity contribution in [3.8, 4) is 22.8 Å². The molecule has 25 heavy (non-hydrogen) atoms. The monoisotopic (exact) mass is 394 g/mol. The fourth-order valence-corrected chi connectivity index (χ4v) is 4.05. The number of amides is 1. The second kappa shape index (κ2) is 7.86. The van der Waals surface area contributed by atoms with Crippen molar-refractivity contribution in [2.24, 2.45) is 0 Å². The lowest BCUT2D eigenvalue weighted by Gasteiger charge is -2.08. The summed E-state index contributed by atoms with van der Waals surface area (Å²) < 4.78 is 11.3.